The Labute approximate surface area is 137 Å². The quantitative estimate of drug-likeness (QED) is 0.693. The maximum Gasteiger partial charge on any atom is 0.410 e. The number of rotatable bonds is 1. The van der Waals surface area contributed by atoms with Crippen LogP contribution >= 0.6 is 0 Å². The van der Waals surface area contributed by atoms with Gasteiger partial charge in [-0.2, -0.15) is 0 Å². The Balaban J connectivity index is 1.70. The van der Waals surface area contributed by atoms with Crippen LogP contribution in [0.1, 0.15) is 46.5 Å². The van der Waals surface area contributed by atoms with Crippen molar-refractivity contribution in [3.05, 3.63) is 0 Å². The number of carbonyl (C=O) groups is 2. The molecular weight excluding hydrogens is 298 g/mol. The minimum absolute atomic E-state index is 0.200. The third-order valence-electron chi connectivity index (χ3n) is 5.27. The first kappa shape index (κ1) is 16.7. The summed E-state index contributed by atoms with van der Waals surface area (Å²) in [5.74, 6) is -0.295. The minimum atomic E-state index is -0.523. The van der Waals surface area contributed by atoms with Crippen LogP contribution in [0.4, 0.5) is 4.79 Å². The Kier molecular flexibility index (Phi) is 4.17. The van der Waals surface area contributed by atoms with E-state index in [0.29, 0.717) is 39.1 Å². The van der Waals surface area contributed by atoms with Gasteiger partial charge >= 0.3 is 6.09 Å². The van der Waals surface area contributed by atoms with Crippen LogP contribution in [0.2, 0.25) is 0 Å². The van der Waals surface area contributed by atoms with Gasteiger partial charge in [-0.25, -0.2) is 4.79 Å². The van der Waals surface area contributed by atoms with Crippen molar-refractivity contribution in [3.63, 3.8) is 0 Å². The molecule has 1 amide bonds. The number of piperidine rings is 1. The summed E-state index contributed by atoms with van der Waals surface area (Å²) < 4.78 is 17.1. The predicted octanol–water partition coefficient (Wildman–Crippen LogP) is 2.36. The molecule has 3 aliphatic rings. The lowest BCUT2D eigenvalue weighted by molar-refractivity contribution is -0.211. The van der Waals surface area contributed by atoms with Crippen molar-refractivity contribution in [2.75, 3.05) is 26.3 Å². The highest BCUT2D eigenvalue weighted by atomic mass is 16.7. The summed E-state index contributed by atoms with van der Waals surface area (Å²) in [7, 11) is 0. The van der Waals surface area contributed by atoms with Crippen molar-refractivity contribution in [2.24, 2.45) is 11.3 Å². The number of carbonyl (C=O) groups excluding carboxylic acids is 2. The van der Waals surface area contributed by atoms with Gasteiger partial charge in [0, 0.05) is 31.3 Å². The highest BCUT2D eigenvalue weighted by molar-refractivity contribution is 5.70. The molecule has 0 aromatic carbocycles. The van der Waals surface area contributed by atoms with E-state index in [2.05, 4.69) is 0 Å². The van der Waals surface area contributed by atoms with Crippen molar-refractivity contribution in [3.8, 4) is 0 Å². The van der Waals surface area contributed by atoms with Crippen molar-refractivity contribution in [1.82, 2.24) is 4.90 Å². The molecule has 2 aliphatic heterocycles. The van der Waals surface area contributed by atoms with Crippen LogP contribution in [-0.4, -0.2) is 55.0 Å². The van der Waals surface area contributed by atoms with E-state index < -0.39 is 16.8 Å². The van der Waals surface area contributed by atoms with Gasteiger partial charge < -0.3 is 23.9 Å². The molecule has 130 valence electrons. The number of hydrogen-bond acceptors (Lipinski definition) is 5. The summed E-state index contributed by atoms with van der Waals surface area (Å²) in [4.78, 5) is 25.9. The van der Waals surface area contributed by atoms with E-state index in [1.54, 1.807) is 4.90 Å². The lowest BCUT2D eigenvalue weighted by atomic mass is 9.62. The SMILES string of the molecule is CC(C)(C)OC(=O)N1CC[C@H]2CC3(CC[C@]2(C=O)C1)OCCO3. The molecule has 0 radical (unpaired) electrons. The molecule has 2 saturated heterocycles. The van der Waals surface area contributed by atoms with Gasteiger partial charge in [0.15, 0.2) is 5.79 Å². The molecule has 1 aliphatic carbocycles. The Morgan fingerprint density at radius 2 is 1.96 bits per heavy atom. The second-order valence-corrected chi connectivity index (χ2v) is 8.05. The summed E-state index contributed by atoms with van der Waals surface area (Å²) in [5.41, 5.74) is -1.01. The second kappa shape index (κ2) is 5.74. The molecule has 0 unspecified atom stereocenters. The fourth-order valence-corrected chi connectivity index (χ4v) is 4.09. The van der Waals surface area contributed by atoms with Crippen LogP contribution in [0.15, 0.2) is 0 Å². The Hall–Kier alpha value is -1.14. The maximum absolute atomic E-state index is 12.3. The molecule has 1 saturated carbocycles. The number of likely N-dealkylation sites (tertiary alicyclic amines) is 1. The summed E-state index contributed by atoms with van der Waals surface area (Å²) in [6.45, 7) is 7.87. The minimum Gasteiger partial charge on any atom is -0.444 e. The molecule has 2 heterocycles. The van der Waals surface area contributed by atoms with Crippen molar-refractivity contribution >= 4 is 12.4 Å². The molecule has 0 aromatic heterocycles. The topological polar surface area (TPSA) is 65.1 Å². The van der Waals surface area contributed by atoms with Crippen molar-refractivity contribution < 1.29 is 23.8 Å². The van der Waals surface area contributed by atoms with Gasteiger partial charge in [0.2, 0.25) is 0 Å². The molecular formula is C17H27NO5. The van der Waals surface area contributed by atoms with E-state index in [0.717, 1.165) is 19.1 Å². The van der Waals surface area contributed by atoms with Crippen molar-refractivity contribution in [1.29, 1.82) is 0 Å². The van der Waals surface area contributed by atoms with E-state index >= 15 is 0 Å². The Bertz CT molecular complexity index is 480. The predicted molar refractivity (Wildman–Crippen MR) is 82.9 cm³/mol. The van der Waals surface area contributed by atoms with Crippen LogP contribution in [-0.2, 0) is 19.0 Å². The smallest absolute Gasteiger partial charge is 0.410 e. The number of hydrogen-bond donors (Lipinski definition) is 0. The maximum atomic E-state index is 12.3. The molecule has 2 atom stereocenters. The van der Waals surface area contributed by atoms with Crippen LogP contribution in [0, 0.1) is 11.3 Å². The summed E-state index contributed by atoms with van der Waals surface area (Å²) in [5, 5.41) is 0. The molecule has 3 rings (SSSR count). The van der Waals surface area contributed by atoms with Gasteiger partial charge in [-0.05, 0) is 39.5 Å². The van der Waals surface area contributed by atoms with E-state index in [1.165, 1.54) is 0 Å². The third kappa shape index (κ3) is 3.24. The highest BCUT2D eigenvalue weighted by Crippen LogP contribution is 2.51. The lowest BCUT2D eigenvalue weighted by Gasteiger charge is -2.51. The Morgan fingerprint density at radius 1 is 1.26 bits per heavy atom. The number of fused-ring (bicyclic) bond motifs is 1. The van der Waals surface area contributed by atoms with Gasteiger partial charge in [0.25, 0.3) is 0 Å². The molecule has 1 spiro atoms. The molecule has 0 aromatic rings. The lowest BCUT2D eigenvalue weighted by Crippen LogP contribution is -2.57. The van der Waals surface area contributed by atoms with Gasteiger partial charge in [0.1, 0.15) is 11.9 Å². The summed E-state index contributed by atoms with van der Waals surface area (Å²) in [6.07, 6.45) is 3.66. The monoisotopic (exact) mass is 325 g/mol. The highest BCUT2D eigenvalue weighted by Gasteiger charge is 2.54. The first-order valence-corrected chi connectivity index (χ1v) is 8.50. The average molecular weight is 325 g/mol. The fraction of sp³-hybridized carbons (Fsp3) is 0.882. The van der Waals surface area contributed by atoms with Crippen molar-refractivity contribution in [2.45, 2.75) is 57.8 Å². The van der Waals surface area contributed by atoms with Gasteiger partial charge in [-0.3, -0.25) is 0 Å². The van der Waals surface area contributed by atoms with Crippen LogP contribution in [0.3, 0.4) is 0 Å². The zero-order valence-corrected chi connectivity index (χ0v) is 14.3. The van der Waals surface area contributed by atoms with E-state index in [9.17, 15) is 9.59 Å². The van der Waals surface area contributed by atoms with Gasteiger partial charge in [-0.1, -0.05) is 0 Å². The molecule has 23 heavy (non-hydrogen) atoms. The van der Waals surface area contributed by atoms with Gasteiger partial charge in [0.05, 0.1) is 13.2 Å². The molecule has 3 fully saturated rings. The number of aldehydes is 1. The first-order chi connectivity index (χ1) is 10.8. The van der Waals surface area contributed by atoms with Crippen LogP contribution in [0.25, 0.3) is 0 Å². The Morgan fingerprint density at radius 3 is 2.57 bits per heavy atom. The van der Waals surface area contributed by atoms with E-state index in [-0.39, 0.29) is 12.0 Å². The van der Waals surface area contributed by atoms with Gasteiger partial charge in [-0.15, -0.1) is 0 Å². The summed E-state index contributed by atoms with van der Waals surface area (Å²) >= 11 is 0. The second-order valence-electron chi connectivity index (χ2n) is 8.05. The van der Waals surface area contributed by atoms with Crippen LogP contribution in [0.5, 0.6) is 0 Å². The van der Waals surface area contributed by atoms with E-state index in [1.807, 2.05) is 20.8 Å². The molecule has 6 heteroatoms. The zero-order chi connectivity index (χ0) is 16.7. The molecule has 0 N–H and O–H groups in total. The number of amides is 1. The number of nitrogens with zero attached hydrogens (tertiary/aromatic N) is 1. The molecule has 6 nitrogen and oxygen atoms in total. The summed E-state index contributed by atoms with van der Waals surface area (Å²) in [6, 6.07) is 0. The largest absolute Gasteiger partial charge is 0.444 e. The first-order valence-electron chi connectivity index (χ1n) is 8.50. The average Bonchev–Trinajstić information content (AvgIpc) is 2.93. The number of ether oxygens (including phenoxy) is 3. The zero-order valence-electron chi connectivity index (χ0n) is 14.3. The normalized spacial score (nSPS) is 33.3. The third-order valence-corrected chi connectivity index (χ3v) is 5.27. The fourth-order valence-electron chi connectivity index (χ4n) is 4.09. The van der Waals surface area contributed by atoms with E-state index in [4.69, 9.17) is 14.2 Å². The molecule has 0 bridgehead atoms. The standard InChI is InChI=1S/C17H27NO5/c1-15(2,3)23-14(20)18-7-4-13-10-17(21-8-9-22-17)6-5-16(13,11-18)12-19/h12-13H,4-11H2,1-3H3/t13-,16+/m0/s1. The van der Waals surface area contributed by atoms with Crippen LogP contribution < -0.4 is 0 Å².